The molecule has 0 fully saturated rings. The molecule has 0 radical (unpaired) electrons. The molecule has 8 nitrogen and oxygen atoms in total. The van der Waals surface area contributed by atoms with Crippen molar-refractivity contribution in [1.82, 2.24) is 16.3 Å². The van der Waals surface area contributed by atoms with Crippen molar-refractivity contribution in [3.05, 3.63) is 72.4 Å². The molecule has 27 heavy (non-hydrogen) atoms. The molecule has 0 atom stereocenters. The Morgan fingerprint density at radius 3 is 1.85 bits per heavy atom. The summed E-state index contributed by atoms with van der Waals surface area (Å²) in [5.74, 6) is 0. The first-order chi connectivity index (χ1) is 13.0. The van der Waals surface area contributed by atoms with Gasteiger partial charge >= 0.3 is 12.1 Å². The van der Waals surface area contributed by atoms with Crippen LogP contribution < -0.4 is 26.9 Å². The molecule has 0 aliphatic carbocycles. The molecule has 0 saturated heterocycles. The van der Waals surface area contributed by atoms with Crippen LogP contribution in [0.5, 0.6) is 0 Å². The van der Waals surface area contributed by atoms with Crippen LogP contribution in [0.15, 0.2) is 77.5 Å². The van der Waals surface area contributed by atoms with Crippen LogP contribution in [-0.2, 0) is 0 Å². The van der Waals surface area contributed by atoms with E-state index in [0.29, 0.717) is 22.8 Å². The summed E-state index contributed by atoms with van der Waals surface area (Å²) in [6, 6.07) is 17.3. The van der Waals surface area contributed by atoms with E-state index in [4.69, 9.17) is 0 Å². The van der Waals surface area contributed by atoms with E-state index in [1.807, 2.05) is 36.4 Å². The minimum Gasteiger partial charge on any atom is -0.307 e. The smallest absolute Gasteiger partial charge is 0.307 e. The van der Waals surface area contributed by atoms with Gasteiger partial charge in [-0.3, -0.25) is 5.43 Å². The number of anilines is 2. The highest BCUT2D eigenvalue weighted by molar-refractivity contribution is 5.95. The normalized spacial score (nSPS) is 11.3. The Hall–Kier alpha value is -3.81. The van der Waals surface area contributed by atoms with E-state index in [-0.39, 0.29) is 0 Å². The second-order valence-corrected chi connectivity index (χ2v) is 5.58. The van der Waals surface area contributed by atoms with Crippen LogP contribution >= 0.6 is 0 Å². The van der Waals surface area contributed by atoms with Crippen molar-refractivity contribution in [2.24, 2.45) is 5.10 Å². The Labute approximate surface area is 157 Å². The second-order valence-electron chi connectivity index (χ2n) is 5.58. The second kappa shape index (κ2) is 10.2. The summed E-state index contributed by atoms with van der Waals surface area (Å²) < 4.78 is 0. The van der Waals surface area contributed by atoms with E-state index in [9.17, 15) is 9.59 Å². The van der Waals surface area contributed by atoms with Gasteiger partial charge in [0.1, 0.15) is 0 Å². The summed E-state index contributed by atoms with van der Waals surface area (Å²) in [4.78, 5) is 23.5. The molecule has 0 unspecified atom stereocenters. The summed E-state index contributed by atoms with van der Waals surface area (Å²) >= 11 is 0. The molecular weight excluding hydrogens is 344 g/mol. The summed E-state index contributed by atoms with van der Waals surface area (Å²) in [5, 5.41) is 9.30. The molecule has 2 aromatic carbocycles. The number of hydrogen-bond donors (Lipinski definition) is 5. The molecular formula is C19H22N6O2. The molecule has 2 rings (SSSR count). The van der Waals surface area contributed by atoms with Crippen molar-refractivity contribution in [3.63, 3.8) is 0 Å². The van der Waals surface area contributed by atoms with E-state index in [1.165, 1.54) is 0 Å². The molecule has 0 aliphatic heterocycles. The Kier molecular flexibility index (Phi) is 7.40. The van der Waals surface area contributed by atoms with Gasteiger partial charge in [0.2, 0.25) is 0 Å². The van der Waals surface area contributed by atoms with Crippen LogP contribution in [0.4, 0.5) is 21.0 Å². The number of urea groups is 2. The number of nitrogens with zero attached hydrogens (tertiary/aromatic N) is 1. The molecule has 8 heteroatoms. The van der Waals surface area contributed by atoms with E-state index < -0.39 is 12.1 Å². The first kappa shape index (κ1) is 19.5. The van der Waals surface area contributed by atoms with Crippen LogP contribution in [0.3, 0.4) is 0 Å². The monoisotopic (exact) mass is 366 g/mol. The predicted molar refractivity (Wildman–Crippen MR) is 107 cm³/mol. The molecule has 0 saturated carbocycles. The average molecular weight is 366 g/mol. The molecule has 140 valence electrons. The van der Waals surface area contributed by atoms with E-state index in [1.54, 1.807) is 44.2 Å². The van der Waals surface area contributed by atoms with Gasteiger partial charge in [-0.15, -0.1) is 0 Å². The van der Waals surface area contributed by atoms with Gasteiger partial charge in [-0.25, -0.2) is 15.0 Å². The number of benzene rings is 2. The van der Waals surface area contributed by atoms with Crippen molar-refractivity contribution < 1.29 is 9.59 Å². The highest BCUT2D eigenvalue weighted by Gasteiger charge is 2.01. The molecule has 0 aliphatic rings. The number of hydrazine groups is 1. The summed E-state index contributed by atoms with van der Waals surface area (Å²) in [7, 11) is 0. The zero-order chi connectivity index (χ0) is 19.5. The summed E-state index contributed by atoms with van der Waals surface area (Å²) in [5.41, 5.74) is 10.2. The lowest BCUT2D eigenvalue weighted by Gasteiger charge is -2.10. The number of amides is 4. The standard InChI is InChI=1S/C19H22N6O2/c1-14(22-24-18(26)20-16-9-5-3-6-10-16)13-15(2)23-25-19(27)21-17-11-7-4-8-12-17/h3-13,22H,1-2H3,(H2,20,24,26)(H2,21,25,27). The number of hydrazone groups is 1. The lowest BCUT2D eigenvalue weighted by Crippen LogP contribution is -2.39. The van der Waals surface area contributed by atoms with Gasteiger partial charge < -0.3 is 16.1 Å². The topological polar surface area (TPSA) is 107 Å². The van der Waals surface area contributed by atoms with Gasteiger partial charge in [0.05, 0.1) is 5.71 Å². The first-order valence-electron chi connectivity index (χ1n) is 8.25. The highest BCUT2D eigenvalue weighted by atomic mass is 16.2. The minimum atomic E-state index is -0.445. The third-order valence-electron chi connectivity index (χ3n) is 3.20. The van der Waals surface area contributed by atoms with Crippen LogP contribution in [0.2, 0.25) is 0 Å². The Bertz CT molecular complexity index is 819. The van der Waals surface area contributed by atoms with Crippen LogP contribution in [0.1, 0.15) is 13.8 Å². The Morgan fingerprint density at radius 2 is 1.30 bits per heavy atom. The fraction of sp³-hybridized carbons (Fsp3) is 0.105. The SMILES string of the molecule is CC(=CC(C)=NNC(=O)Nc1ccccc1)NNC(=O)Nc1ccccc1. The maximum atomic E-state index is 11.8. The van der Waals surface area contributed by atoms with E-state index in [0.717, 1.165) is 0 Å². The van der Waals surface area contributed by atoms with Gasteiger partial charge in [-0.05, 0) is 44.2 Å². The average Bonchev–Trinajstić information content (AvgIpc) is 2.66. The van der Waals surface area contributed by atoms with Crippen molar-refractivity contribution in [1.29, 1.82) is 0 Å². The van der Waals surface area contributed by atoms with Gasteiger partial charge in [0, 0.05) is 17.1 Å². The molecule has 4 amide bonds. The van der Waals surface area contributed by atoms with E-state index >= 15 is 0 Å². The molecule has 0 heterocycles. The molecule has 0 bridgehead atoms. The van der Waals surface area contributed by atoms with Gasteiger partial charge in [-0.2, -0.15) is 5.10 Å². The number of rotatable bonds is 6. The van der Waals surface area contributed by atoms with Gasteiger partial charge in [-0.1, -0.05) is 36.4 Å². The zero-order valence-electron chi connectivity index (χ0n) is 15.1. The maximum absolute atomic E-state index is 11.8. The third-order valence-corrected chi connectivity index (χ3v) is 3.20. The Balaban J connectivity index is 1.75. The molecule has 0 aromatic heterocycles. The number of carbonyl (C=O) groups is 2. The minimum absolute atomic E-state index is 0.399. The lowest BCUT2D eigenvalue weighted by molar-refractivity contribution is 0.249. The summed E-state index contributed by atoms with van der Waals surface area (Å²) in [6.45, 7) is 3.48. The number of allylic oxidation sites excluding steroid dienone is 2. The summed E-state index contributed by atoms with van der Waals surface area (Å²) in [6.07, 6.45) is 1.67. The maximum Gasteiger partial charge on any atom is 0.339 e. The first-order valence-corrected chi connectivity index (χ1v) is 8.25. The number of para-hydroxylation sites is 2. The van der Waals surface area contributed by atoms with E-state index in [2.05, 4.69) is 32.0 Å². The van der Waals surface area contributed by atoms with Gasteiger partial charge in [0.15, 0.2) is 0 Å². The van der Waals surface area contributed by atoms with Crippen molar-refractivity contribution in [2.45, 2.75) is 13.8 Å². The number of nitrogens with one attached hydrogen (secondary N) is 5. The van der Waals surface area contributed by atoms with Crippen LogP contribution in [0.25, 0.3) is 0 Å². The quantitative estimate of drug-likeness (QED) is 0.399. The van der Waals surface area contributed by atoms with Crippen LogP contribution in [0, 0.1) is 0 Å². The molecule has 5 N–H and O–H groups in total. The van der Waals surface area contributed by atoms with Crippen molar-refractivity contribution in [3.8, 4) is 0 Å². The third kappa shape index (κ3) is 7.74. The van der Waals surface area contributed by atoms with Crippen molar-refractivity contribution in [2.75, 3.05) is 10.6 Å². The lowest BCUT2D eigenvalue weighted by atomic mass is 10.3. The predicted octanol–water partition coefficient (Wildman–Crippen LogP) is 3.41. The number of hydrogen-bond acceptors (Lipinski definition) is 4. The highest BCUT2D eigenvalue weighted by Crippen LogP contribution is 2.04. The fourth-order valence-electron chi connectivity index (χ4n) is 2.04. The fourth-order valence-corrected chi connectivity index (χ4v) is 2.04. The number of carbonyl (C=O) groups excluding carboxylic acids is 2. The Morgan fingerprint density at radius 1 is 0.778 bits per heavy atom. The molecule has 0 spiro atoms. The van der Waals surface area contributed by atoms with Crippen molar-refractivity contribution >= 4 is 29.1 Å². The van der Waals surface area contributed by atoms with Crippen LogP contribution in [-0.4, -0.2) is 17.8 Å². The zero-order valence-corrected chi connectivity index (χ0v) is 15.1. The van der Waals surface area contributed by atoms with Gasteiger partial charge in [0.25, 0.3) is 0 Å². The largest absolute Gasteiger partial charge is 0.339 e. The molecule has 2 aromatic rings.